The highest BCUT2D eigenvalue weighted by atomic mass is 19.4. The van der Waals surface area contributed by atoms with Gasteiger partial charge in [0.2, 0.25) is 0 Å². The van der Waals surface area contributed by atoms with Crippen LogP contribution in [-0.2, 0) is 6.18 Å². The van der Waals surface area contributed by atoms with Crippen LogP contribution in [0.25, 0.3) is 0 Å². The minimum Gasteiger partial charge on any atom is -0.370 e. The Morgan fingerprint density at radius 3 is 2.44 bits per heavy atom. The summed E-state index contributed by atoms with van der Waals surface area (Å²) in [5, 5.41) is 17.5. The summed E-state index contributed by atoms with van der Waals surface area (Å²) in [6, 6.07) is 2.24. The Morgan fingerprint density at radius 2 is 2.06 bits per heavy atom. The number of nitro groups is 1. The van der Waals surface area contributed by atoms with Gasteiger partial charge in [-0.25, -0.2) is 0 Å². The van der Waals surface area contributed by atoms with Gasteiger partial charge in [0.05, 0.1) is 16.2 Å². The molecule has 0 saturated heterocycles. The van der Waals surface area contributed by atoms with Crippen molar-refractivity contribution in [2.45, 2.75) is 6.18 Å². The first kappa shape index (κ1) is 13.7. The summed E-state index contributed by atoms with van der Waals surface area (Å²) in [6.45, 7) is 0. The molecule has 0 aliphatic rings. The van der Waals surface area contributed by atoms with Crippen molar-refractivity contribution in [2.24, 2.45) is 5.73 Å². The Bertz CT molecular complexity index is 501. The lowest BCUT2D eigenvalue weighted by Crippen LogP contribution is -2.34. The van der Waals surface area contributed by atoms with E-state index in [4.69, 9.17) is 11.1 Å². The van der Waals surface area contributed by atoms with Gasteiger partial charge in [-0.15, -0.1) is 0 Å². The Hall–Kier alpha value is -2.32. The van der Waals surface area contributed by atoms with Gasteiger partial charge < -0.3 is 10.6 Å². The number of alkyl halides is 3. The number of nitrogens with two attached hydrogens (primary N) is 1. The molecule has 1 aromatic carbocycles. The molecule has 1 rings (SSSR count). The Morgan fingerprint density at radius 1 is 1.50 bits per heavy atom. The van der Waals surface area contributed by atoms with Crippen LogP contribution in [0.2, 0.25) is 0 Å². The van der Waals surface area contributed by atoms with E-state index in [1.807, 2.05) is 0 Å². The van der Waals surface area contributed by atoms with Crippen molar-refractivity contribution >= 4 is 17.3 Å². The molecule has 0 atom stereocenters. The normalized spacial score (nSPS) is 11.1. The van der Waals surface area contributed by atoms with E-state index in [0.717, 1.165) is 17.0 Å². The van der Waals surface area contributed by atoms with Gasteiger partial charge in [0.25, 0.3) is 5.69 Å². The van der Waals surface area contributed by atoms with Crippen molar-refractivity contribution in [1.82, 2.24) is 0 Å². The summed E-state index contributed by atoms with van der Waals surface area (Å²) >= 11 is 0. The molecule has 0 fully saturated rings. The van der Waals surface area contributed by atoms with Gasteiger partial charge in [0, 0.05) is 19.2 Å². The van der Waals surface area contributed by atoms with Crippen molar-refractivity contribution in [1.29, 1.82) is 5.41 Å². The molecule has 0 saturated carbocycles. The third-order valence-electron chi connectivity index (χ3n) is 2.22. The second kappa shape index (κ2) is 4.51. The maximum Gasteiger partial charge on any atom is 0.418 e. The zero-order chi connectivity index (χ0) is 14.1. The first-order chi connectivity index (χ1) is 8.14. The quantitative estimate of drug-likeness (QED) is 0.368. The summed E-state index contributed by atoms with van der Waals surface area (Å²) in [4.78, 5) is 10.3. The number of nitrogens with one attached hydrogen (secondary N) is 1. The molecule has 98 valence electrons. The van der Waals surface area contributed by atoms with E-state index in [1.165, 1.54) is 7.05 Å². The predicted octanol–water partition coefficient (Wildman–Crippen LogP) is 1.94. The second-order valence-corrected chi connectivity index (χ2v) is 3.40. The smallest absolute Gasteiger partial charge is 0.370 e. The van der Waals surface area contributed by atoms with Crippen LogP contribution in [0.1, 0.15) is 5.56 Å². The SMILES string of the molecule is CN(C(=N)N)c1ccc([N+](=O)[O-])cc1C(F)(F)F. The maximum absolute atomic E-state index is 12.8. The average Bonchev–Trinajstić information content (AvgIpc) is 2.25. The Kier molecular flexibility index (Phi) is 3.44. The fourth-order valence-corrected chi connectivity index (χ4v) is 1.29. The number of nitrogens with zero attached hydrogens (tertiary/aromatic N) is 2. The van der Waals surface area contributed by atoms with Crippen LogP contribution in [0.5, 0.6) is 0 Å². The molecular weight excluding hydrogens is 253 g/mol. The minimum absolute atomic E-state index is 0.411. The number of hydrogen-bond acceptors (Lipinski definition) is 3. The number of guanidine groups is 1. The van der Waals surface area contributed by atoms with Gasteiger partial charge in [0.15, 0.2) is 5.96 Å². The topological polar surface area (TPSA) is 96.2 Å². The van der Waals surface area contributed by atoms with Crippen LogP contribution < -0.4 is 10.6 Å². The number of halogens is 3. The van der Waals surface area contributed by atoms with Gasteiger partial charge in [-0.1, -0.05) is 0 Å². The molecule has 0 aliphatic heterocycles. The van der Waals surface area contributed by atoms with Crippen LogP contribution in [-0.4, -0.2) is 17.9 Å². The summed E-state index contributed by atoms with van der Waals surface area (Å²) < 4.78 is 38.3. The molecule has 18 heavy (non-hydrogen) atoms. The minimum atomic E-state index is -4.77. The molecule has 6 nitrogen and oxygen atoms in total. The van der Waals surface area contributed by atoms with Crippen LogP contribution >= 0.6 is 0 Å². The third-order valence-corrected chi connectivity index (χ3v) is 2.22. The summed E-state index contributed by atoms with van der Waals surface area (Å²) in [5.41, 5.74) is 2.78. The molecule has 0 bridgehead atoms. The van der Waals surface area contributed by atoms with Crippen molar-refractivity contribution in [3.05, 3.63) is 33.9 Å². The van der Waals surface area contributed by atoms with Gasteiger partial charge in [-0.05, 0) is 6.07 Å². The van der Waals surface area contributed by atoms with E-state index >= 15 is 0 Å². The van der Waals surface area contributed by atoms with Crippen LogP contribution in [0.4, 0.5) is 24.5 Å². The molecule has 0 radical (unpaired) electrons. The van der Waals surface area contributed by atoms with E-state index in [9.17, 15) is 23.3 Å². The number of anilines is 1. The molecule has 0 aliphatic carbocycles. The molecule has 1 aromatic rings. The van der Waals surface area contributed by atoms with Gasteiger partial charge in [-0.3, -0.25) is 15.5 Å². The molecule has 9 heteroatoms. The second-order valence-electron chi connectivity index (χ2n) is 3.40. The lowest BCUT2D eigenvalue weighted by molar-refractivity contribution is -0.385. The summed E-state index contributed by atoms with van der Waals surface area (Å²) in [6.07, 6.45) is -4.77. The lowest BCUT2D eigenvalue weighted by atomic mass is 10.1. The fourth-order valence-electron chi connectivity index (χ4n) is 1.29. The number of rotatable bonds is 2. The van der Waals surface area contributed by atoms with E-state index in [1.54, 1.807) is 0 Å². The standard InChI is InChI=1S/C9H9F3N4O2/c1-15(8(13)14)7-3-2-5(16(17)18)4-6(7)9(10,11)12/h2-4H,1H3,(H3,13,14). The van der Waals surface area contributed by atoms with Crippen LogP contribution in [0.3, 0.4) is 0 Å². The molecule has 0 spiro atoms. The zero-order valence-electron chi connectivity index (χ0n) is 9.15. The van der Waals surface area contributed by atoms with Gasteiger partial charge in [-0.2, -0.15) is 13.2 Å². The Balaban J connectivity index is 3.44. The van der Waals surface area contributed by atoms with Gasteiger partial charge in [0.1, 0.15) is 0 Å². The van der Waals surface area contributed by atoms with Crippen LogP contribution in [0.15, 0.2) is 18.2 Å². The molecule has 0 heterocycles. The highest BCUT2D eigenvalue weighted by Gasteiger charge is 2.36. The van der Waals surface area contributed by atoms with E-state index in [0.29, 0.717) is 6.07 Å². The van der Waals surface area contributed by atoms with Crippen LogP contribution in [0, 0.1) is 15.5 Å². The molecule has 0 unspecified atom stereocenters. The number of nitro benzene ring substituents is 1. The first-order valence-electron chi connectivity index (χ1n) is 4.58. The molecular formula is C9H9F3N4O2. The number of hydrogen-bond donors (Lipinski definition) is 2. The maximum atomic E-state index is 12.8. The van der Waals surface area contributed by atoms with E-state index in [-0.39, 0.29) is 0 Å². The number of benzene rings is 1. The van der Waals surface area contributed by atoms with E-state index < -0.39 is 34.0 Å². The van der Waals surface area contributed by atoms with E-state index in [2.05, 4.69) is 0 Å². The Labute approximate surface area is 99.5 Å². The van der Waals surface area contributed by atoms with Crippen molar-refractivity contribution in [3.63, 3.8) is 0 Å². The average molecular weight is 262 g/mol. The molecule has 3 N–H and O–H groups in total. The number of non-ortho nitro benzene ring substituents is 1. The fraction of sp³-hybridized carbons (Fsp3) is 0.222. The zero-order valence-corrected chi connectivity index (χ0v) is 9.15. The largest absolute Gasteiger partial charge is 0.418 e. The van der Waals surface area contributed by atoms with Crippen molar-refractivity contribution in [2.75, 3.05) is 11.9 Å². The first-order valence-corrected chi connectivity index (χ1v) is 4.58. The molecule has 0 aromatic heterocycles. The van der Waals surface area contributed by atoms with Crippen molar-refractivity contribution < 1.29 is 18.1 Å². The summed E-state index contributed by atoms with van der Waals surface area (Å²) in [7, 11) is 1.17. The predicted molar refractivity (Wildman–Crippen MR) is 58.4 cm³/mol. The van der Waals surface area contributed by atoms with Gasteiger partial charge >= 0.3 is 6.18 Å². The molecule has 0 amide bonds. The van der Waals surface area contributed by atoms with Crippen molar-refractivity contribution in [3.8, 4) is 0 Å². The summed E-state index contributed by atoms with van der Waals surface area (Å²) in [5.74, 6) is -0.602. The lowest BCUT2D eigenvalue weighted by Gasteiger charge is -2.21. The highest BCUT2D eigenvalue weighted by Crippen LogP contribution is 2.38. The third kappa shape index (κ3) is 2.67. The highest BCUT2D eigenvalue weighted by molar-refractivity contribution is 5.93. The monoisotopic (exact) mass is 262 g/mol.